The molecule has 0 unspecified atom stereocenters. The van der Waals surface area contributed by atoms with Gasteiger partial charge in [-0.25, -0.2) is 15.8 Å². The van der Waals surface area contributed by atoms with E-state index in [1.165, 1.54) is 0 Å². The van der Waals surface area contributed by atoms with Gasteiger partial charge in [0.25, 0.3) is 0 Å². The number of anilines is 2. The van der Waals surface area contributed by atoms with Gasteiger partial charge in [0.1, 0.15) is 0 Å². The van der Waals surface area contributed by atoms with Gasteiger partial charge < -0.3 is 19.5 Å². The van der Waals surface area contributed by atoms with Crippen LogP contribution in [0.25, 0.3) is 5.65 Å². The molecule has 21 heavy (non-hydrogen) atoms. The van der Waals surface area contributed by atoms with Gasteiger partial charge in [-0.1, -0.05) is 0 Å². The highest BCUT2D eigenvalue weighted by molar-refractivity contribution is 5.67. The van der Waals surface area contributed by atoms with E-state index in [9.17, 15) is 0 Å². The number of morpholine rings is 1. The van der Waals surface area contributed by atoms with Crippen molar-refractivity contribution in [1.29, 1.82) is 0 Å². The van der Waals surface area contributed by atoms with Gasteiger partial charge in [-0.2, -0.15) is 0 Å². The van der Waals surface area contributed by atoms with Crippen molar-refractivity contribution in [3.63, 3.8) is 0 Å². The molecule has 0 aliphatic carbocycles. The number of nitrogens with zero attached hydrogens (tertiary/aromatic N) is 4. The Kier molecular flexibility index (Phi) is 3.07. The summed E-state index contributed by atoms with van der Waals surface area (Å²) in [4.78, 5) is 11.2. The molecule has 3 rings (SSSR count). The maximum absolute atomic E-state index is 6.13. The Morgan fingerprint density at radius 2 is 1.90 bits per heavy atom. The third-order valence-electron chi connectivity index (χ3n) is 3.50. The van der Waals surface area contributed by atoms with Crippen molar-refractivity contribution in [3.8, 4) is 0 Å². The maximum atomic E-state index is 6.13. The monoisotopic (exact) mass is 290 g/mol. The number of ether oxygens (including phenoxy) is 1. The third-order valence-corrected chi connectivity index (χ3v) is 3.50. The number of rotatable bonds is 2. The quantitative estimate of drug-likeness (QED) is 0.643. The molecule has 1 fully saturated rings. The second kappa shape index (κ2) is 4.57. The molecule has 0 atom stereocenters. The molecule has 3 N–H and O–H groups in total. The molecule has 7 heteroatoms. The molecule has 1 aliphatic heterocycles. The lowest BCUT2D eigenvalue weighted by Gasteiger charge is -2.47. The van der Waals surface area contributed by atoms with Crippen LogP contribution in [0.5, 0.6) is 0 Å². The molecule has 7 nitrogen and oxygen atoms in total. The molecule has 2 aromatic rings. The SMILES string of the molecule is CC1(C)CN(c2nc(NN)cn3ccnc23)CC(C)(C)O1. The topological polar surface area (TPSA) is 80.7 Å². The Morgan fingerprint density at radius 1 is 1.24 bits per heavy atom. The fourth-order valence-electron chi connectivity index (χ4n) is 3.13. The number of hydrazine groups is 1. The molecular formula is C14H22N6O. The van der Waals surface area contributed by atoms with E-state index in [-0.39, 0.29) is 11.2 Å². The number of fused-ring (bicyclic) bond motifs is 1. The summed E-state index contributed by atoms with van der Waals surface area (Å²) in [5.41, 5.74) is 2.93. The number of nitrogens with one attached hydrogen (secondary N) is 1. The highest BCUT2D eigenvalue weighted by Gasteiger charge is 2.39. The molecule has 0 spiro atoms. The first kappa shape index (κ1) is 14.1. The minimum Gasteiger partial charge on any atom is -0.366 e. The lowest BCUT2D eigenvalue weighted by molar-refractivity contribution is -0.133. The standard InChI is InChI=1S/C14H22N6O/c1-13(2)8-20(9-14(3,4)21-13)12-11-16-5-6-19(11)7-10(17-12)18-15/h5-7,18H,8-9,15H2,1-4H3. The van der Waals surface area contributed by atoms with Gasteiger partial charge >= 0.3 is 0 Å². The van der Waals surface area contributed by atoms with Crippen LogP contribution in [0.4, 0.5) is 11.6 Å². The molecular weight excluding hydrogens is 268 g/mol. The summed E-state index contributed by atoms with van der Waals surface area (Å²) in [6, 6.07) is 0. The van der Waals surface area contributed by atoms with Crippen LogP contribution >= 0.6 is 0 Å². The fourth-order valence-corrected chi connectivity index (χ4v) is 3.13. The number of aromatic nitrogens is 3. The predicted octanol–water partition coefficient (Wildman–Crippen LogP) is 1.41. The van der Waals surface area contributed by atoms with Gasteiger partial charge in [0, 0.05) is 25.5 Å². The molecule has 0 radical (unpaired) electrons. The van der Waals surface area contributed by atoms with Gasteiger partial charge in [-0.05, 0) is 27.7 Å². The highest BCUT2D eigenvalue weighted by atomic mass is 16.5. The van der Waals surface area contributed by atoms with Gasteiger partial charge in [0.15, 0.2) is 17.3 Å². The summed E-state index contributed by atoms with van der Waals surface area (Å²) >= 11 is 0. The van der Waals surface area contributed by atoms with Gasteiger partial charge in [-0.15, -0.1) is 0 Å². The number of imidazole rings is 1. The number of hydrogen-bond acceptors (Lipinski definition) is 6. The van der Waals surface area contributed by atoms with E-state index in [1.807, 2.05) is 16.8 Å². The van der Waals surface area contributed by atoms with Crippen LogP contribution in [0, 0.1) is 0 Å². The average molecular weight is 290 g/mol. The first-order valence-electron chi connectivity index (χ1n) is 7.05. The second-order valence-corrected chi connectivity index (χ2v) is 6.73. The van der Waals surface area contributed by atoms with Crippen LogP contribution in [0.15, 0.2) is 18.6 Å². The Balaban J connectivity index is 2.08. The van der Waals surface area contributed by atoms with E-state index in [2.05, 4.69) is 48.0 Å². The first-order valence-corrected chi connectivity index (χ1v) is 7.05. The van der Waals surface area contributed by atoms with Crippen LogP contribution in [-0.4, -0.2) is 38.7 Å². The summed E-state index contributed by atoms with van der Waals surface area (Å²) < 4.78 is 8.05. The lowest BCUT2D eigenvalue weighted by Crippen LogP contribution is -2.57. The molecule has 3 heterocycles. The van der Waals surface area contributed by atoms with Crippen molar-refractivity contribution in [2.24, 2.45) is 5.84 Å². The summed E-state index contributed by atoms with van der Waals surface area (Å²) in [5.74, 6) is 6.95. The zero-order valence-corrected chi connectivity index (χ0v) is 12.9. The number of nitrogen functional groups attached to an aromatic ring is 1. The minimum absolute atomic E-state index is 0.251. The molecule has 0 saturated carbocycles. The van der Waals surface area contributed by atoms with Crippen LogP contribution in [0.1, 0.15) is 27.7 Å². The highest BCUT2D eigenvalue weighted by Crippen LogP contribution is 2.32. The largest absolute Gasteiger partial charge is 0.366 e. The zero-order chi connectivity index (χ0) is 15.3. The smallest absolute Gasteiger partial charge is 0.180 e. The molecule has 0 bridgehead atoms. The average Bonchev–Trinajstić information content (AvgIpc) is 2.81. The van der Waals surface area contributed by atoms with Crippen molar-refractivity contribution >= 4 is 17.3 Å². The molecule has 1 saturated heterocycles. The Morgan fingerprint density at radius 3 is 2.52 bits per heavy atom. The Labute approximate surface area is 124 Å². The van der Waals surface area contributed by atoms with Crippen molar-refractivity contribution < 1.29 is 4.74 Å². The normalized spacial score (nSPS) is 20.7. The molecule has 2 aromatic heterocycles. The summed E-state index contributed by atoms with van der Waals surface area (Å²) in [6.07, 6.45) is 5.47. The van der Waals surface area contributed by atoms with Crippen LogP contribution in [0.3, 0.4) is 0 Å². The van der Waals surface area contributed by atoms with E-state index in [4.69, 9.17) is 10.6 Å². The van der Waals surface area contributed by atoms with E-state index in [0.29, 0.717) is 5.82 Å². The second-order valence-electron chi connectivity index (χ2n) is 6.73. The Hall–Kier alpha value is -1.86. The van der Waals surface area contributed by atoms with Gasteiger partial charge in [0.2, 0.25) is 0 Å². The van der Waals surface area contributed by atoms with Crippen molar-refractivity contribution in [3.05, 3.63) is 18.6 Å². The molecule has 1 aliphatic rings. The lowest BCUT2D eigenvalue weighted by atomic mass is 9.99. The molecule has 0 aromatic carbocycles. The van der Waals surface area contributed by atoms with E-state index >= 15 is 0 Å². The summed E-state index contributed by atoms with van der Waals surface area (Å²) in [5, 5.41) is 0. The van der Waals surface area contributed by atoms with Gasteiger partial charge in [-0.3, -0.25) is 0 Å². The fraction of sp³-hybridized carbons (Fsp3) is 0.571. The van der Waals surface area contributed by atoms with Crippen molar-refractivity contribution in [2.75, 3.05) is 23.4 Å². The van der Waals surface area contributed by atoms with Crippen molar-refractivity contribution in [1.82, 2.24) is 14.4 Å². The summed E-state index contributed by atoms with van der Waals surface area (Å²) in [7, 11) is 0. The summed E-state index contributed by atoms with van der Waals surface area (Å²) in [6.45, 7) is 9.87. The maximum Gasteiger partial charge on any atom is 0.180 e. The van der Waals surface area contributed by atoms with Gasteiger partial charge in [0.05, 0.1) is 17.4 Å². The number of nitrogens with two attached hydrogens (primary N) is 1. The van der Waals surface area contributed by atoms with E-state index in [0.717, 1.165) is 24.6 Å². The Bertz CT molecular complexity index is 647. The van der Waals surface area contributed by atoms with Crippen LogP contribution < -0.4 is 16.2 Å². The van der Waals surface area contributed by atoms with Crippen LogP contribution in [0.2, 0.25) is 0 Å². The molecule has 114 valence electrons. The minimum atomic E-state index is -0.251. The third kappa shape index (κ3) is 2.66. The first-order chi connectivity index (χ1) is 9.80. The van der Waals surface area contributed by atoms with Crippen LogP contribution in [-0.2, 0) is 4.74 Å². The van der Waals surface area contributed by atoms with Crippen molar-refractivity contribution in [2.45, 2.75) is 38.9 Å². The zero-order valence-electron chi connectivity index (χ0n) is 12.9. The van der Waals surface area contributed by atoms with E-state index < -0.39 is 0 Å². The predicted molar refractivity (Wildman–Crippen MR) is 82.3 cm³/mol. The molecule has 0 amide bonds. The van der Waals surface area contributed by atoms with E-state index in [1.54, 1.807) is 6.20 Å². The number of hydrogen-bond donors (Lipinski definition) is 2.